The molecular weight excluding hydrogens is 244 g/mol. The Bertz CT molecular complexity index is 375. The Balaban J connectivity index is 2.46. The Morgan fingerprint density at radius 2 is 2.32 bits per heavy atom. The van der Waals surface area contributed by atoms with E-state index in [2.05, 4.69) is 10.6 Å². The lowest BCUT2D eigenvalue weighted by atomic mass is 9.98. The fourth-order valence-electron chi connectivity index (χ4n) is 2.19. The van der Waals surface area contributed by atoms with Crippen LogP contribution in [-0.2, 0) is 9.59 Å². The summed E-state index contributed by atoms with van der Waals surface area (Å²) in [7, 11) is 0. The maximum absolute atomic E-state index is 11.8. The molecule has 1 rings (SSSR count). The number of hydrogen-bond acceptors (Lipinski definition) is 4. The van der Waals surface area contributed by atoms with E-state index in [9.17, 15) is 9.59 Å². The zero-order valence-electron chi connectivity index (χ0n) is 11.5. The largest absolute Gasteiger partial charge is 0.356 e. The second-order valence-electron chi connectivity index (χ2n) is 5.44. The van der Waals surface area contributed by atoms with Crippen LogP contribution in [-0.4, -0.2) is 30.4 Å². The maximum atomic E-state index is 11.8. The fraction of sp³-hybridized carbons (Fsp3) is 0.769. The first-order chi connectivity index (χ1) is 8.93. The van der Waals surface area contributed by atoms with Crippen molar-refractivity contribution < 1.29 is 9.59 Å². The number of amides is 2. The van der Waals surface area contributed by atoms with Crippen LogP contribution in [0.4, 0.5) is 0 Å². The second-order valence-corrected chi connectivity index (χ2v) is 5.44. The molecule has 1 fully saturated rings. The van der Waals surface area contributed by atoms with Crippen LogP contribution in [0.1, 0.15) is 33.1 Å². The lowest BCUT2D eigenvalue weighted by molar-refractivity contribution is -0.125. The summed E-state index contributed by atoms with van der Waals surface area (Å²) in [5.74, 6) is -0.229. The SMILES string of the molecule is CC(C)C[C@H](N)C(=O)NC(C#N)C[C@@H]1CCNC1=O. The minimum Gasteiger partial charge on any atom is -0.356 e. The number of nitrogens with zero attached hydrogens (tertiary/aromatic N) is 1. The predicted molar refractivity (Wildman–Crippen MR) is 70.7 cm³/mol. The summed E-state index contributed by atoms with van der Waals surface area (Å²) in [6, 6.07) is 0.764. The molecule has 19 heavy (non-hydrogen) atoms. The molecule has 6 nitrogen and oxygen atoms in total. The number of carbonyl (C=O) groups excluding carboxylic acids is 2. The van der Waals surface area contributed by atoms with E-state index in [4.69, 9.17) is 11.0 Å². The van der Waals surface area contributed by atoms with Crippen molar-refractivity contribution in [3.05, 3.63) is 0 Å². The third kappa shape index (κ3) is 4.87. The van der Waals surface area contributed by atoms with E-state index in [1.807, 2.05) is 19.9 Å². The minimum absolute atomic E-state index is 0.0408. The highest BCUT2D eigenvalue weighted by Gasteiger charge is 2.28. The van der Waals surface area contributed by atoms with Gasteiger partial charge in [0.05, 0.1) is 12.1 Å². The van der Waals surface area contributed by atoms with E-state index >= 15 is 0 Å². The van der Waals surface area contributed by atoms with Crippen molar-refractivity contribution in [1.82, 2.24) is 10.6 Å². The Labute approximate surface area is 113 Å². The van der Waals surface area contributed by atoms with Crippen LogP contribution in [0.3, 0.4) is 0 Å². The van der Waals surface area contributed by atoms with E-state index in [0.29, 0.717) is 31.7 Å². The van der Waals surface area contributed by atoms with Crippen LogP contribution < -0.4 is 16.4 Å². The molecule has 4 N–H and O–H groups in total. The van der Waals surface area contributed by atoms with Gasteiger partial charge < -0.3 is 16.4 Å². The van der Waals surface area contributed by atoms with Gasteiger partial charge in [-0.25, -0.2) is 0 Å². The van der Waals surface area contributed by atoms with Crippen molar-refractivity contribution in [3.8, 4) is 6.07 Å². The van der Waals surface area contributed by atoms with Gasteiger partial charge in [-0.2, -0.15) is 5.26 Å². The summed E-state index contributed by atoms with van der Waals surface area (Å²) in [6.45, 7) is 4.61. The van der Waals surface area contributed by atoms with Crippen LogP contribution in [0, 0.1) is 23.2 Å². The maximum Gasteiger partial charge on any atom is 0.237 e. The van der Waals surface area contributed by atoms with Gasteiger partial charge in [0.1, 0.15) is 6.04 Å². The van der Waals surface area contributed by atoms with Crippen LogP contribution in [0.5, 0.6) is 0 Å². The number of nitrogens with one attached hydrogen (secondary N) is 2. The first-order valence-electron chi connectivity index (χ1n) is 6.67. The Morgan fingerprint density at radius 1 is 1.63 bits per heavy atom. The predicted octanol–water partition coefficient (Wildman–Crippen LogP) is -0.106. The third-order valence-electron chi connectivity index (χ3n) is 3.22. The van der Waals surface area contributed by atoms with Crippen molar-refractivity contribution in [2.45, 2.75) is 45.2 Å². The molecule has 1 saturated heterocycles. The highest BCUT2D eigenvalue weighted by molar-refractivity contribution is 5.83. The number of nitrogens with two attached hydrogens (primary N) is 1. The average molecular weight is 266 g/mol. The molecule has 0 spiro atoms. The first kappa shape index (κ1) is 15.4. The van der Waals surface area contributed by atoms with E-state index < -0.39 is 12.1 Å². The minimum atomic E-state index is -0.653. The van der Waals surface area contributed by atoms with Gasteiger partial charge in [-0.3, -0.25) is 9.59 Å². The summed E-state index contributed by atoms with van der Waals surface area (Å²) in [5.41, 5.74) is 5.76. The Morgan fingerprint density at radius 3 is 2.79 bits per heavy atom. The van der Waals surface area contributed by atoms with Gasteiger partial charge in [-0.1, -0.05) is 13.8 Å². The first-order valence-corrected chi connectivity index (χ1v) is 6.67. The highest BCUT2D eigenvalue weighted by atomic mass is 16.2. The van der Waals surface area contributed by atoms with Crippen LogP contribution in [0.15, 0.2) is 0 Å². The molecule has 2 amide bonds. The van der Waals surface area contributed by atoms with Crippen molar-refractivity contribution in [2.75, 3.05) is 6.54 Å². The summed E-state index contributed by atoms with van der Waals surface area (Å²) < 4.78 is 0. The molecule has 0 aromatic carbocycles. The smallest absolute Gasteiger partial charge is 0.237 e. The van der Waals surface area contributed by atoms with Crippen molar-refractivity contribution in [2.24, 2.45) is 17.6 Å². The molecule has 1 aliphatic heterocycles. The standard InChI is InChI=1S/C13H22N4O2/c1-8(2)5-11(15)13(19)17-10(7-14)6-9-3-4-16-12(9)18/h8-11H,3-6,15H2,1-2H3,(H,16,18)(H,17,19)/t9-,10?,11-/m0/s1. The molecule has 0 radical (unpaired) electrons. The van der Waals surface area contributed by atoms with Crippen molar-refractivity contribution in [3.63, 3.8) is 0 Å². The lowest BCUT2D eigenvalue weighted by Crippen LogP contribution is -2.46. The van der Waals surface area contributed by atoms with Gasteiger partial charge in [0.15, 0.2) is 0 Å². The van der Waals surface area contributed by atoms with Gasteiger partial charge in [0, 0.05) is 12.5 Å². The molecule has 0 bridgehead atoms. The van der Waals surface area contributed by atoms with Crippen LogP contribution in [0.2, 0.25) is 0 Å². The van der Waals surface area contributed by atoms with E-state index in [0.717, 1.165) is 0 Å². The Hall–Kier alpha value is -1.61. The Kier molecular flexibility index (Phi) is 5.77. The number of hydrogen-bond donors (Lipinski definition) is 3. The van der Waals surface area contributed by atoms with Gasteiger partial charge in [-0.05, 0) is 25.2 Å². The van der Waals surface area contributed by atoms with Crippen molar-refractivity contribution in [1.29, 1.82) is 5.26 Å². The van der Waals surface area contributed by atoms with Gasteiger partial charge in [0.25, 0.3) is 0 Å². The molecule has 1 unspecified atom stereocenters. The lowest BCUT2D eigenvalue weighted by Gasteiger charge is -2.18. The molecule has 0 aromatic heterocycles. The summed E-state index contributed by atoms with van der Waals surface area (Å²) in [4.78, 5) is 23.2. The zero-order chi connectivity index (χ0) is 14.4. The molecule has 1 heterocycles. The average Bonchev–Trinajstić information content (AvgIpc) is 2.73. The van der Waals surface area contributed by atoms with Gasteiger partial charge in [0.2, 0.25) is 11.8 Å². The highest BCUT2D eigenvalue weighted by Crippen LogP contribution is 2.16. The summed E-state index contributed by atoms with van der Waals surface area (Å²) in [6.07, 6.45) is 1.64. The van der Waals surface area contributed by atoms with Gasteiger partial charge in [-0.15, -0.1) is 0 Å². The molecule has 0 aliphatic carbocycles. The molecule has 0 saturated carbocycles. The molecule has 106 valence electrons. The number of carbonyl (C=O) groups is 2. The van der Waals surface area contributed by atoms with E-state index in [1.54, 1.807) is 0 Å². The van der Waals surface area contributed by atoms with Crippen LogP contribution >= 0.6 is 0 Å². The normalized spacial score (nSPS) is 21.6. The summed E-state index contributed by atoms with van der Waals surface area (Å²) in [5, 5.41) is 14.4. The topological polar surface area (TPSA) is 108 Å². The monoisotopic (exact) mass is 266 g/mol. The molecular formula is C13H22N4O2. The molecule has 3 atom stereocenters. The quantitative estimate of drug-likeness (QED) is 0.623. The van der Waals surface area contributed by atoms with E-state index in [-0.39, 0.29) is 17.7 Å². The van der Waals surface area contributed by atoms with Crippen molar-refractivity contribution >= 4 is 11.8 Å². The number of rotatable bonds is 6. The number of nitriles is 1. The molecule has 0 aromatic rings. The van der Waals surface area contributed by atoms with Gasteiger partial charge >= 0.3 is 0 Å². The zero-order valence-corrected chi connectivity index (χ0v) is 11.5. The second kappa shape index (κ2) is 7.10. The third-order valence-corrected chi connectivity index (χ3v) is 3.22. The van der Waals surface area contributed by atoms with Crippen LogP contribution in [0.25, 0.3) is 0 Å². The molecule has 6 heteroatoms. The summed E-state index contributed by atoms with van der Waals surface area (Å²) >= 11 is 0. The fourth-order valence-corrected chi connectivity index (χ4v) is 2.19. The molecule has 1 aliphatic rings. The van der Waals surface area contributed by atoms with E-state index in [1.165, 1.54) is 0 Å².